The molecule has 536 valence electrons. The van der Waals surface area contributed by atoms with Gasteiger partial charge in [0.05, 0.1) is 12.5 Å². The number of ether oxygens (including phenoxy) is 4. The second-order valence-corrected chi connectivity index (χ2v) is 20.4. The van der Waals surface area contributed by atoms with Crippen LogP contribution in [0.1, 0.15) is 119 Å². The van der Waals surface area contributed by atoms with Crippen LogP contribution in [0.5, 0.6) is 5.75 Å². The van der Waals surface area contributed by atoms with E-state index in [2.05, 4.69) is 33.5 Å². The minimum absolute atomic E-state index is 0. The SMILES string of the molecule is C.C.C=CC(=O)Cl.C=CC(=O)ON1C(=O)CCC1=O.CCC(C)C(=O)ON1C(=O)CCC1=O.CCCNC(=O)C(C)CC(CC)C(=O)NC.NCCc1ccc(O[C@@H]2OC(CO)[C@H](O)[C@H](O[C@@H]3O[CH-][C@@H](O)[CH-]C3O)C2O)cc1.O=C1CCC(=O)N1O.O=C=O.O=S(=O)([O-])O.[Na+].[Na+]. The van der Waals surface area contributed by atoms with Crippen LogP contribution in [0, 0.1) is 30.8 Å². The van der Waals surface area contributed by atoms with E-state index in [9.17, 15) is 78.3 Å². The fraction of sp³-hybridized carbons (Fsp3) is 0.579. The Labute approximate surface area is 606 Å². The maximum absolute atomic E-state index is 11.6. The molecule has 0 aliphatic carbocycles. The number of nitrogens with one attached hydrogen (secondary N) is 2. The molecule has 5 heterocycles. The van der Waals surface area contributed by atoms with E-state index in [1.165, 1.54) is 6.42 Å². The Morgan fingerprint density at radius 2 is 1.26 bits per heavy atom. The molecule has 35 nitrogen and oxygen atoms in total. The largest absolute Gasteiger partial charge is 1.00 e. The third-order valence-corrected chi connectivity index (χ3v) is 12.4. The van der Waals surface area contributed by atoms with Crippen LogP contribution in [-0.2, 0) is 103 Å². The van der Waals surface area contributed by atoms with Crippen molar-refractivity contribution in [2.24, 2.45) is 23.5 Å². The molecule has 5 fully saturated rings. The second-order valence-electron chi connectivity index (χ2n) is 19.2. The summed E-state index contributed by atoms with van der Waals surface area (Å²) in [5.41, 5.74) is 6.55. The van der Waals surface area contributed by atoms with Gasteiger partial charge in [0.25, 0.3) is 35.4 Å². The van der Waals surface area contributed by atoms with Gasteiger partial charge < -0.3 is 75.1 Å². The van der Waals surface area contributed by atoms with Gasteiger partial charge in [0, 0.05) is 70.0 Å². The normalized spacial score (nSPS) is 21.3. The van der Waals surface area contributed by atoms with Crippen LogP contribution in [0.2, 0.25) is 0 Å². The first kappa shape index (κ1) is 102. The van der Waals surface area contributed by atoms with E-state index >= 15 is 0 Å². The summed E-state index contributed by atoms with van der Waals surface area (Å²) in [5.74, 6) is -4.19. The minimum atomic E-state index is -4.92. The number of nitrogens with zero attached hydrogens (tertiary/aromatic N) is 3. The number of nitrogens with two attached hydrogens (primary N) is 1. The number of hydroxylamine groups is 6. The van der Waals surface area contributed by atoms with Gasteiger partial charge in [-0.1, -0.05) is 74.8 Å². The first-order valence-corrected chi connectivity index (χ1v) is 29.6. The molecule has 96 heavy (non-hydrogen) atoms. The molecule has 1 aromatic carbocycles. The summed E-state index contributed by atoms with van der Waals surface area (Å²) < 4.78 is 54.6. The number of hydrogen-bond donors (Lipinski definition) is 10. The third-order valence-electron chi connectivity index (χ3n) is 12.2. The summed E-state index contributed by atoms with van der Waals surface area (Å²) in [5, 5.41) is 64.5. The van der Waals surface area contributed by atoms with E-state index in [0.717, 1.165) is 37.2 Å². The number of benzene rings is 1. The van der Waals surface area contributed by atoms with Crippen LogP contribution in [0.3, 0.4) is 0 Å². The number of carbonyl (C=O) groups excluding carboxylic acids is 13. The Bertz CT molecular complexity index is 2680. The first-order chi connectivity index (χ1) is 43.1. The zero-order valence-corrected chi connectivity index (χ0v) is 58.7. The Balaban J connectivity index is -0.000000262. The van der Waals surface area contributed by atoms with E-state index in [4.69, 9.17) is 68.6 Å². The van der Waals surface area contributed by atoms with E-state index in [-0.39, 0.29) is 153 Å². The van der Waals surface area contributed by atoms with Gasteiger partial charge in [0.1, 0.15) is 36.5 Å². The summed E-state index contributed by atoms with van der Waals surface area (Å²) >= 11 is 4.71. The molecule has 0 saturated carbocycles. The van der Waals surface area contributed by atoms with Crippen molar-refractivity contribution in [3.05, 3.63) is 68.2 Å². The standard InChI is InChI=1S/C19H27NO9.C12H24N2O2.C9H13NO4.C7H7NO4.C4H5NO3.C3H3ClO.CO2.2CH4.2Na.H2O4S/c20-6-5-10-1-3-12(4-2-10)27-19-16(25)17(15(24)14(8-21)28-19)29-18-13(23)7-11(22)9-26-18;1-5-7-14-11(15)9(3)8-10(6-2)12(16)13-4;1-3-6(2)9(13)14-10-7(11)4-5-8(10)12;1-2-7(11)12-8-5(9)3-4-6(8)10;6-3-1-2-4(7)5(3)8;1-2-3(4)5;2-1-3;;;;;1-5(2,3)4/h1-4,7,9,11,13-19,21-25H,5-6,8,20H2;9-10H,5-8H2,1-4H3,(H,13,16)(H,14,15);6H,3-5H2,1-2H3;2H,1,3-4H2;8H,1-2H2;2H,1H2;;2*1H4;;;(H2,1,2,3,4)/q-2;;;;;;;;;2*+1;/p-1/t11-,13?,14?,15-,16?,17-,18-,19+;;;;;;;;;;;/m0.........../s1. The van der Waals surface area contributed by atoms with E-state index in [1.54, 1.807) is 26.1 Å². The van der Waals surface area contributed by atoms with Crippen LogP contribution in [-0.4, -0.2) is 210 Å². The Morgan fingerprint density at radius 3 is 1.62 bits per heavy atom. The molecule has 0 radical (unpaired) electrons. The van der Waals surface area contributed by atoms with Crippen LogP contribution in [0.15, 0.2) is 49.6 Å². The number of carbonyl (C=O) groups is 11. The summed E-state index contributed by atoms with van der Waals surface area (Å²) in [6.45, 7) is 17.3. The van der Waals surface area contributed by atoms with Gasteiger partial charge in [-0.2, -0.15) is 20.8 Å². The van der Waals surface area contributed by atoms with Crippen molar-refractivity contribution >= 4 is 92.6 Å². The molecule has 0 spiro atoms. The maximum atomic E-state index is 11.6. The van der Waals surface area contributed by atoms with Crippen LogP contribution < -0.4 is 80.2 Å². The van der Waals surface area contributed by atoms with Gasteiger partial charge in [-0.05, 0) is 80.1 Å². The molecule has 39 heteroatoms. The first-order valence-electron chi connectivity index (χ1n) is 27.8. The van der Waals surface area contributed by atoms with E-state index < -0.39 is 119 Å². The monoisotopic (exact) mass is 1430 g/mol. The molecule has 1 aromatic rings. The summed E-state index contributed by atoms with van der Waals surface area (Å²) in [6.07, 6.45) is -2.37. The van der Waals surface area contributed by atoms with Crippen molar-refractivity contribution in [1.82, 2.24) is 25.8 Å². The number of aliphatic hydroxyl groups is 5. The molecule has 5 saturated heterocycles. The number of halogens is 1. The van der Waals surface area contributed by atoms with Gasteiger partial charge in [-0.25, -0.2) is 24.6 Å². The molecule has 6 unspecified atom stereocenters. The molecule has 5 aliphatic rings. The van der Waals surface area contributed by atoms with Gasteiger partial charge in [-0.3, -0.25) is 59.3 Å². The zero-order chi connectivity index (χ0) is 71.0. The predicted molar refractivity (Wildman–Crippen MR) is 322 cm³/mol. The topological polar surface area (TPSA) is 536 Å². The molecule has 11 N–H and O–H groups in total. The summed E-state index contributed by atoms with van der Waals surface area (Å²) in [7, 11) is -3.28. The Morgan fingerprint density at radius 1 is 0.802 bits per heavy atom. The fourth-order valence-electron chi connectivity index (χ4n) is 7.16. The number of aliphatic hydroxyl groups excluding tert-OH is 5. The molecule has 8 amide bonds. The van der Waals surface area contributed by atoms with Crippen molar-refractivity contribution in [1.29, 1.82) is 0 Å². The Hall–Kier alpha value is -5.39. The average Bonchev–Trinajstić information content (AvgIpc) is 1.73. The molecule has 0 bridgehead atoms. The van der Waals surface area contributed by atoms with Crippen LogP contribution >= 0.6 is 11.6 Å². The average molecular weight is 1430 g/mol. The van der Waals surface area contributed by atoms with E-state index in [0.29, 0.717) is 48.2 Å². The number of imide groups is 3. The summed E-state index contributed by atoms with van der Waals surface area (Å²) in [4.78, 5) is 144. The second kappa shape index (κ2) is 55.5. The maximum Gasteiger partial charge on any atom is 1.00 e. The fourth-order valence-corrected chi connectivity index (χ4v) is 7.16. The summed E-state index contributed by atoms with van der Waals surface area (Å²) in [6, 6.07) is 7.03. The molecular weight excluding hydrogens is 1350 g/mol. The number of amides is 8. The van der Waals surface area contributed by atoms with Gasteiger partial charge in [-0.15, -0.1) is 10.1 Å². The molecular formula is C57H88ClN6Na2O29S-. The van der Waals surface area contributed by atoms with Gasteiger partial charge >= 0.3 is 77.2 Å². The predicted octanol–water partition coefficient (Wildman–Crippen LogP) is -6.27. The third kappa shape index (κ3) is 41.8. The van der Waals surface area contributed by atoms with Crippen LogP contribution in [0.4, 0.5) is 0 Å². The minimum Gasteiger partial charge on any atom is -0.726 e. The molecule has 0 aromatic heterocycles. The van der Waals surface area contributed by atoms with Crippen molar-refractivity contribution in [3.8, 4) is 5.75 Å². The number of allylic oxidation sites excluding steroid dienone is 1. The van der Waals surface area contributed by atoms with Crippen molar-refractivity contribution in [3.63, 3.8) is 0 Å². The quantitative estimate of drug-likeness (QED) is 0.00848. The number of rotatable bonds is 20. The Kier molecular flexibility index (Phi) is 58.7. The van der Waals surface area contributed by atoms with E-state index in [1.807, 2.05) is 39.8 Å². The molecule has 11 atom stereocenters. The number of hydrogen-bond acceptors (Lipinski definition) is 29. The van der Waals surface area contributed by atoms with Crippen molar-refractivity contribution in [2.75, 3.05) is 26.7 Å². The van der Waals surface area contributed by atoms with Crippen molar-refractivity contribution in [2.45, 2.75) is 169 Å². The van der Waals surface area contributed by atoms with Crippen LogP contribution in [0.25, 0.3) is 0 Å². The van der Waals surface area contributed by atoms with Gasteiger partial charge in [0.2, 0.25) is 33.7 Å². The van der Waals surface area contributed by atoms with Gasteiger partial charge in [0.15, 0.2) is 0 Å². The molecule has 6 rings (SSSR count). The zero-order valence-electron chi connectivity index (χ0n) is 53.1. The smallest absolute Gasteiger partial charge is 0.726 e. The van der Waals surface area contributed by atoms with Crippen molar-refractivity contribution < 1.29 is 198 Å². The molecule has 5 aliphatic heterocycles.